The zero-order chi connectivity index (χ0) is 12.5. The number of nitrogens with zero attached hydrogens (tertiary/aromatic N) is 1. The molecule has 1 atom stereocenters. The molecule has 2 rings (SSSR count). The minimum Gasteiger partial charge on any atom is -0.329 e. The molecule has 0 aromatic heterocycles. The highest BCUT2D eigenvalue weighted by molar-refractivity contribution is 4.90. The first kappa shape index (κ1) is 13.4. The lowest BCUT2D eigenvalue weighted by Gasteiger charge is -2.41. The molecule has 2 fully saturated rings. The topological polar surface area (TPSA) is 29.3 Å². The standard InChI is InChI=1S/C15H30N2/c1-15(2,3)12-6-8-13(9-7-12)17-10-4-5-14(17)11-16/h12-14H,4-11,16H2,1-3H3. The van der Waals surface area contributed by atoms with E-state index < -0.39 is 0 Å². The lowest BCUT2D eigenvalue weighted by molar-refractivity contribution is 0.0896. The van der Waals surface area contributed by atoms with Crippen LogP contribution in [0.2, 0.25) is 0 Å². The molecule has 2 heteroatoms. The molecule has 2 aliphatic rings. The fraction of sp³-hybridized carbons (Fsp3) is 1.00. The molecule has 17 heavy (non-hydrogen) atoms. The van der Waals surface area contributed by atoms with Crippen LogP contribution in [0.1, 0.15) is 59.3 Å². The minimum atomic E-state index is 0.503. The number of hydrogen-bond acceptors (Lipinski definition) is 2. The summed E-state index contributed by atoms with van der Waals surface area (Å²) >= 11 is 0. The van der Waals surface area contributed by atoms with Crippen molar-refractivity contribution in [3.05, 3.63) is 0 Å². The smallest absolute Gasteiger partial charge is 0.0221 e. The normalized spacial score (nSPS) is 36.4. The van der Waals surface area contributed by atoms with Crippen LogP contribution in [0, 0.1) is 11.3 Å². The third-order valence-electron chi connectivity index (χ3n) is 5.09. The zero-order valence-corrected chi connectivity index (χ0v) is 11.9. The van der Waals surface area contributed by atoms with Crippen LogP contribution in [0.5, 0.6) is 0 Å². The van der Waals surface area contributed by atoms with Gasteiger partial charge in [-0.25, -0.2) is 0 Å². The van der Waals surface area contributed by atoms with Crippen LogP contribution in [0.25, 0.3) is 0 Å². The number of rotatable bonds is 2. The molecule has 100 valence electrons. The first-order chi connectivity index (χ1) is 8.02. The average molecular weight is 238 g/mol. The molecule has 2 N–H and O–H groups in total. The SMILES string of the molecule is CC(C)(C)C1CCC(N2CCCC2CN)CC1. The second kappa shape index (κ2) is 5.27. The Labute approximate surface area is 107 Å². The Morgan fingerprint density at radius 1 is 1.06 bits per heavy atom. The van der Waals surface area contributed by atoms with E-state index in [1.54, 1.807) is 0 Å². The van der Waals surface area contributed by atoms with Gasteiger partial charge >= 0.3 is 0 Å². The van der Waals surface area contributed by atoms with Crippen molar-refractivity contribution in [1.82, 2.24) is 4.90 Å². The summed E-state index contributed by atoms with van der Waals surface area (Å²) in [5.74, 6) is 0.928. The highest BCUT2D eigenvalue weighted by Gasteiger charge is 2.35. The first-order valence-electron chi connectivity index (χ1n) is 7.48. The Balaban J connectivity index is 1.86. The quantitative estimate of drug-likeness (QED) is 0.801. The Morgan fingerprint density at radius 3 is 2.24 bits per heavy atom. The molecule has 1 unspecified atom stereocenters. The van der Waals surface area contributed by atoms with Crippen LogP contribution in [0.3, 0.4) is 0 Å². The van der Waals surface area contributed by atoms with Gasteiger partial charge in [0.05, 0.1) is 0 Å². The zero-order valence-electron chi connectivity index (χ0n) is 11.9. The van der Waals surface area contributed by atoms with Crippen molar-refractivity contribution in [2.75, 3.05) is 13.1 Å². The molecule has 0 radical (unpaired) electrons. The highest BCUT2D eigenvalue weighted by atomic mass is 15.2. The molecule has 1 saturated heterocycles. The Morgan fingerprint density at radius 2 is 1.71 bits per heavy atom. The fourth-order valence-corrected chi connectivity index (χ4v) is 3.87. The summed E-state index contributed by atoms with van der Waals surface area (Å²) in [4.78, 5) is 2.72. The fourth-order valence-electron chi connectivity index (χ4n) is 3.87. The van der Waals surface area contributed by atoms with Crippen LogP contribution < -0.4 is 5.73 Å². The first-order valence-corrected chi connectivity index (χ1v) is 7.48. The van der Waals surface area contributed by atoms with Crippen LogP contribution in [0.15, 0.2) is 0 Å². The van der Waals surface area contributed by atoms with Gasteiger partial charge in [0, 0.05) is 18.6 Å². The van der Waals surface area contributed by atoms with E-state index in [9.17, 15) is 0 Å². The minimum absolute atomic E-state index is 0.503. The molecular weight excluding hydrogens is 208 g/mol. The Kier molecular flexibility index (Phi) is 4.14. The second-order valence-electron chi connectivity index (χ2n) is 7.14. The summed E-state index contributed by atoms with van der Waals surface area (Å²) < 4.78 is 0. The molecule has 1 saturated carbocycles. The summed E-state index contributed by atoms with van der Waals surface area (Å²) in [5, 5.41) is 0. The molecule has 2 nitrogen and oxygen atoms in total. The van der Waals surface area contributed by atoms with Gasteiger partial charge in [0.1, 0.15) is 0 Å². The lowest BCUT2D eigenvalue weighted by Crippen LogP contribution is -2.45. The highest BCUT2D eigenvalue weighted by Crippen LogP contribution is 2.40. The van der Waals surface area contributed by atoms with Gasteiger partial charge in [-0.15, -0.1) is 0 Å². The van der Waals surface area contributed by atoms with Crippen LogP contribution in [0.4, 0.5) is 0 Å². The predicted molar refractivity (Wildman–Crippen MR) is 74.0 cm³/mol. The molecule has 0 amide bonds. The van der Waals surface area contributed by atoms with Crippen molar-refractivity contribution in [1.29, 1.82) is 0 Å². The van der Waals surface area contributed by atoms with Crippen molar-refractivity contribution >= 4 is 0 Å². The van der Waals surface area contributed by atoms with Gasteiger partial charge in [-0.05, 0) is 56.4 Å². The van der Waals surface area contributed by atoms with Gasteiger partial charge in [0.2, 0.25) is 0 Å². The van der Waals surface area contributed by atoms with Crippen molar-refractivity contribution in [2.24, 2.45) is 17.1 Å². The summed E-state index contributed by atoms with van der Waals surface area (Å²) in [7, 11) is 0. The number of hydrogen-bond donors (Lipinski definition) is 1. The third-order valence-corrected chi connectivity index (χ3v) is 5.09. The maximum atomic E-state index is 5.89. The maximum Gasteiger partial charge on any atom is 0.0221 e. The van der Waals surface area contributed by atoms with Crippen molar-refractivity contribution in [2.45, 2.75) is 71.4 Å². The molecule has 1 aliphatic heterocycles. The maximum absolute atomic E-state index is 5.89. The average Bonchev–Trinajstić information content (AvgIpc) is 2.76. The van der Waals surface area contributed by atoms with E-state index in [1.807, 2.05) is 0 Å². The van der Waals surface area contributed by atoms with Crippen LogP contribution in [-0.4, -0.2) is 30.1 Å². The monoisotopic (exact) mass is 238 g/mol. The van der Waals surface area contributed by atoms with E-state index >= 15 is 0 Å². The van der Waals surface area contributed by atoms with Crippen LogP contribution >= 0.6 is 0 Å². The molecule has 0 aromatic rings. The van der Waals surface area contributed by atoms with Crippen molar-refractivity contribution in [3.63, 3.8) is 0 Å². The van der Waals surface area contributed by atoms with E-state index in [-0.39, 0.29) is 0 Å². The Hall–Kier alpha value is -0.0800. The molecule has 1 aliphatic carbocycles. The summed E-state index contributed by atoms with van der Waals surface area (Å²) in [5.41, 5.74) is 6.39. The summed E-state index contributed by atoms with van der Waals surface area (Å²) in [6.45, 7) is 9.36. The van der Waals surface area contributed by atoms with Crippen LogP contribution in [-0.2, 0) is 0 Å². The molecule has 0 spiro atoms. The second-order valence-corrected chi connectivity index (χ2v) is 7.14. The van der Waals surface area contributed by atoms with Gasteiger partial charge in [-0.3, -0.25) is 4.90 Å². The summed E-state index contributed by atoms with van der Waals surface area (Å²) in [6, 6.07) is 1.52. The van der Waals surface area contributed by atoms with E-state index in [4.69, 9.17) is 5.73 Å². The van der Waals surface area contributed by atoms with E-state index in [0.29, 0.717) is 11.5 Å². The van der Waals surface area contributed by atoms with Crippen molar-refractivity contribution in [3.8, 4) is 0 Å². The third kappa shape index (κ3) is 3.03. The number of nitrogens with two attached hydrogens (primary N) is 1. The molecular formula is C15H30N2. The van der Waals surface area contributed by atoms with Gasteiger partial charge in [0.25, 0.3) is 0 Å². The van der Waals surface area contributed by atoms with Gasteiger partial charge < -0.3 is 5.73 Å². The largest absolute Gasteiger partial charge is 0.329 e. The molecule has 0 aromatic carbocycles. The van der Waals surface area contributed by atoms with E-state index in [2.05, 4.69) is 25.7 Å². The van der Waals surface area contributed by atoms with Gasteiger partial charge in [0.15, 0.2) is 0 Å². The molecule has 1 heterocycles. The van der Waals surface area contributed by atoms with E-state index in [1.165, 1.54) is 45.1 Å². The Bertz CT molecular complexity index is 236. The summed E-state index contributed by atoms with van der Waals surface area (Å²) in [6.07, 6.45) is 8.33. The van der Waals surface area contributed by atoms with Gasteiger partial charge in [-0.2, -0.15) is 0 Å². The van der Waals surface area contributed by atoms with E-state index in [0.717, 1.165) is 18.5 Å². The molecule has 0 bridgehead atoms. The van der Waals surface area contributed by atoms with Crippen molar-refractivity contribution < 1.29 is 0 Å². The lowest BCUT2D eigenvalue weighted by atomic mass is 9.71. The number of likely N-dealkylation sites (tertiary alicyclic amines) is 1. The predicted octanol–water partition coefficient (Wildman–Crippen LogP) is 3.01. The van der Waals surface area contributed by atoms with Gasteiger partial charge in [-0.1, -0.05) is 20.8 Å².